The maximum Gasteiger partial charge on any atom is 0.247 e. The van der Waals surface area contributed by atoms with Crippen LogP contribution < -0.4 is 10.6 Å². The third-order valence-corrected chi connectivity index (χ3v) is 2.50. The molecule has 0 aliphatic carbocycles. The zero-order valence-electron chi connectivity index (χ0n) is 10.6. The van der Waals surface area contributed by atoms with Gasteiger partial charge in [-0.15, -0.1) is 0 Å². The van der Waals surface area contributed by atoms with Crippen LogP contribution in [0.1, 0.15) is 12.7 Å². The van der Waals surface area contributed by atoms with Gasteiger partial charge < -0.3 is 15.2 Å². The molecule has 100 valence electrons. The lowest BCUT2D eigenvalue weighted by Crippen LogP contribution is -2.31. The number of anilines is 2. The summed E-state index contributed by atoms with van der Waals surface area (Å²) >= 11 is 0. The first-order valence-electron chi connectivity index (χ1n) is 5.81. The highest BCUT2D eigenvalue weighted by molar-refractivity contribution is 5.95. The molecule has 0 bridgehead atoms. The summed E-state index contributed by atoms with van der Waals surface area (Å²) in [6, 6.07) is 6.94. The van der Waals surface area contributed by atoms with E-state index in [-0.39, 0.29) is 11.7 Å². The van der Waals surface area contributed by atoms with Gasteiger partial charge >= 0.3 is 0 Å². The third kappa shape index (κ3) is 3.54. The largest absolute Gasteiger partial charge is 0.374 e. The summed E-state index contributed by atoms with van der Waals surface area (Å²) in [5, 5.41) is 9.25. The Balaban J connectivity index is 1.94. The monoisotopic (exact) mass is 263 g/mol. The lowest BCUT2D eigenvalue weighted by atomic mass is 10.2. The average Bonchev–Trinajstić information content (AvgIpc) is 2.77. The maximum absolute atomic E-state index is 12.7. The number of aryl methyl sites for hydroxylation is 1. The summed E-state index contributed by atoms with van der Waals surface area (Å²) in [7, 11) is 0. The molecular weight excluding hydrogens is 249 g/mol. The first-order chi connectivity index (χ1) is 9.04. The zero-order valence-corrected chi connectivity index (χ0v) is 10.6. The van der Waals surface area contributed by atoms with Crippen molar-refractivity contribution in [2.75, 3.05) is 10.6 Å². The molecule has 2 rings (SSSR count). The van der Waals surface area contributed by atoms with E-state index in [9.17, 15) is 9.18 Å². The first-order valence-corrected chi connectivity index (χ1v) is 5.81. The molecule has 1 atom stereocenters. The minimum absolute atomic E-state index is 0.252. The van der Waals surface area contributed by atoms with Gasteiger partial charge in [-0.25, -0.2) is 4.39 Å². The summed E-state index contributed by atoms with van der Waals surface area (Å²) in [6.45, 7) is 3.44. The molecular formula is C13H14FN3O2. The van der Waals surface area contributed by atoms with E-state index in [4.69, 9.17) is 4.52 Å². The highest BCUT2D eigenvalue weighted by Crippen LogP contribution is 2.11. The Kier molecular flexibility index (Phi) is 3.79. The van der Waals surface area contributed by atoms with Crippen molar-refractivity contribution in [3.05, 3.63) is 41.9 Å². The van der Waals surface area contributed by atoms with Gasteiger partial charge in [0.15, 0.2) is 5.82 Å². The van der Waals surface area contributed by atoms with Crippen LogP contribution in [0, 0.1) is 12.7 Å². The molecule has 5 nitrogen and oxygen atoms in total. The molecule has 1 amide bonds. The molecule has 2 aromatic rings. The smallest absolute Gasteiger partial charge is 0.247 e. The van der Waals surface area contributed by atoms with E-state index in [1.807, 2.05) is 0 Å². The normalized spacial score (nSPS) is 11.9. The van der Waals surface area contributed by atoms with E-state index >= 15 is 0 Å². The zero-order chi connectivity index (χ0) is 13.8. The van der Waals surface area contributed by atoms with Gasteiger partial charge in [-0.2, -0.15) is 0 Å². The van der Waals surface area contributed by atoms with Crippen LogP contribution in [-0.4, -0.2) is 17.1 Å². The second-order valence-electron chi connectivity index (χ2n) is 4.18. The topological polar surface area (TPSA) is 67.2 Å². The Labute approximate surface area is 109 Å². The highest BCUT2D eigenvalue weighted by atomic mass is 19.1. The number of nitrogens with one attached hydrogen (secondary N) is 2. The minimum atomic E-state index is -0.484. The van der Waals surface area contributed by atoms with E-state index in [1.54, 1.807) is 32.0 Å². The van der Waals surface area contributed by atoms with Gasteiger partial charge in [0.1, 0.15) is 17.6 Å². The van der Waals surface area contributed by atoms with Gasteiger partial charge in [-0.1, -0.05) is 5.16 Å². The van der Waals surface area contributed by atoms with E-state index in [0.717, 1.165) is 0 Å². The van der Waals surface area contributed by atoms with Crippen LogP contribution in [0.4, 0.5) is 15.9 Å². The van der Waals surface area contributed by atoms with Crippen molar-refractivity contribution < 1.29 is 13.7 Å². The number of nitrogens with zero attached hydrogens (tertiary/aromatic N) is 1. The maximum atomic E-state index is 12.7. The van der Waals surface area contributed by atoms with E-state index in [1.165, 1.54) is 12.1 Å². The molecule has 2 N–H and O–H groups in total. The molecule has 6 heteroatoms. The summed E-state index contributed by atoms with van der Waals surface area (Å²) in [4.78, 5) is 11.9. The summed E-state index contributed by atoms with van der Waals surface area (Å²) in [6.07, 6.45) is 0. The molecule has 1 heterocycles. The Morgan fingerprint density at radius 3 is 2.63 bits per heavy atom. The van der Waals surface area contributed by atoms with Crippen LogP contribution in [0.5, 0.6) is 0 Å². The number of carbonyl (C=O) groups is 1. The SMILES string of the molecule is Cc1cc(NC(=O)C(C)Nc2ccc(F)cc2)no1. The second kappa shape index (κ2) is 5.51. The van der Waals surface area contributed by atoms with Crippen molar-refractivity contribution in [3.8, 4) is 0 Å². The number of aromatic nitrogens is 1. The van der Waals surface area contributed by atoms with Crippen molar-refractivity contribution in [1.29, 1.82) is 0 Å². The van der Waals surface area contributed by atoms with Gasteiger partial charge in [-0.05, 0) is 38.1 Å². The van der Waals surface area contributed by atoms with Crippen LogP contribution in [0.15, 0.2) is 34.9 Å². The summed E-state index contributed by atoms with van der Waals surface area (Å²) in [5.74, 6) is 0.419. The van der Waals surface area contributed by atoms with Crippen molar-refractivity contribution in [2.45, 2.75) is 19.9 Å². The number of hydrogen-bond donors (Lipinski definition) is 2. The number of amides is 1. The Morgan fingerprint density at radius 1 is 1.37 bits per heavy atom. The molecule has 0 spiro atoms. The molecule has 0 aliphatic heterocycles. The van der Waals surface area contributed by atoms with E-state index < -0.39 is 6.04 Å². The predicted octanol–water partition coefficient (Wildman–Crippen LogP) is 2.56. The average molecular weight is 263 g/mol. The number of hydrogen-bond acceptors (Lipinski definition) is 4. The van der Waals surface area contributed by atoms with Gasteiger partial charge in [-0.3, -0.25) is 4.79 Å². The molecule has 0 aliphatic rings. The fourth-order valence-electron chi connectivity index (χ4n) is 1.52. The Morgan fingerprint density at radius 2 is 2.05 bits per heavy atom. The van der Waals surface area contributed by atoms with Gasteiger partial charge in [0.25, 0.3) is 0 Å². The quantitative estimate of drug-likeness (QED) is 0.889. The van der Waals surface area contributed by atoms with Crippen LogP contribution in [0.2, 0.25) is 0 Å². The Hall–Kier alpha value is -2.37. The predicted molar refractivity (Wildman–Crippen MR) is 69.4 cm³/mol. The molecule has 1 unspecified atom stereocenters. The number of benzene rings is 1. The number of rotatable bonds is 4. The van der Waals surface area contributed by atoms with E-state index in [2.05, 4.69) is 15.8 Å². The third-order valence-electron chi connectivity index (χ3n) is 2.50. The van der Waals surface area contributed by atoms with E-state index in [0.29, 0.717) is 17.3 Å². The number of carbonyl (C=O) groups excluding carboxylic acids is 1. The lowest BCUT2D eigenvalue weighted by Gasteiger charge is -2.13. The molecule has 0 radical (unpaired) electrons. The molecule has 1 aromatic carbocycles. The van der Waals surface area contributed by atoms with Crippen molar-refractivity contribution in [3.63, 3.8) is 0 Å². The van der Waals surface area contributed by atoms with Crippen molar-refractivity contribution >= 4 is 17.4 Å². The second-order valence-corrected chi connectivity index (χ2v) is 4.18. The van der Waals surface area contributed by atoms with Crippen LogP contribution in [0.25, 0.3) is 0 Å². The molecule has 19 heavy (non-hydrogen) atoms. The van der Waals surface area contributed by atoms with Gasteiger partial charge in [0.2, 0.25) is 5.91 Å². The van der Waals surface area contributed by atoms with Gasteiger partial charge in [0, 0.05) is 11.8 Å². The molecule has 0 saturated carbocycles. The summed E-state index contributed by atoms with van der Waals surface area (Å²) < 4.78 is 17.6. The minimum Gasteiger partial charge on any atom is -0.374 e. The number of halogens is 1. The first kappa shape index (κ1) is 13.1. The molecule has 0 fully saturated rings. The van der Waals surface area contributed by atoms with Crippen molar-refractivity contribution in [1.82, 2.24) is 5.16 Å². The highest BCUT2D eigenvalue weighted by Gasteiger charge is 2.14. The van der Waals surface area contributed by atoms with Gasteiger partial charge in [0.05, 0.1) is 0 Å². The van der Waals surface area contributed by atoms with Crippen molar-refractivity contribution in [2.24, 2.45) is 0 Å². The van der Waals surface area contributed by atoms with Crippen LogP contribution >= 0.6 is 0 Å². The fraction of sp³-hybridized carbons (Fsp3) is 0.231. The molecule has 0 saturated heterocycles. The standard InChI is InChI=1S/C13H14FN3O2/c1-8-7-12(17-19-8)16-13(18)9(2)15-11-5-3-10(14)4-6-11/h3-7,9,15H,1-2H3,(H,16,17,18). The molecule has 1 aromatic heterocycles. The van der Waals surface area contributed by atoms with Crippen LogP contribution in [0.3, 0.4) is 0 Å². The lowest BCUT2D eigenvalue weighted by molar-refractivity contribution is -0.116. The summed E-state index contributed by atoms with van der Waals surface area (Å²) in [5.41, 5.74) is 0.667. The van der Waals surface area contributed by atoms with Crippen LogP contribution in [-0.2, 0) is 4.79 Å². The fourth-order valence-corrected chi connectivity index (χ4v) is 1.52. The Bertz CT molecular complexity index is 566.